The molecule has 2 aliphatic rings. The molecule has 2 fully saturated rings. The third kappa shape index (κ3) is 4.74. The number of carbonyl (C=O) groups excluding carboxylic acids is 1. The van der Waals surface area contributed by atoms with Crippen LogP contribution in [0.3, 0.4) is 0 Å². The fourth-order valence-electron chi connectivity index (χ4n) is 3.49. The van der Waals surface area contributed by atoms with E-state index >= 15 is 0 Å². The number of amides is 1. The zero-order valence-electron chi connectivity index (χ0n) is 13.0. The number of ether oxygens (including phenoxy) is 1. The second-order valence-electron chi connectivity index (χ2n) is 6.54. The van der Waals surface area contributed by atoms with Gasteiger partial charge in [-0.25, -0.2) is 0 Å². The van der Waals surface area contributed by atoms with E-state index in [9.17, 15) is 4.79 Å². The van der Waals surface area contributed by atoms with Gasteiger partial charge in [-0.05, 0) is 18.8 Å². The Hall–Kier alpha value is -0.610. The normalized spacial score (nSPS) is 27.8. The van der Waals surface area contributed by atoms with E-state index in [1.54, 1.807) is 0 Å². The molecule has 20 heavy (non-hydrogen) atoms. The lowest BCUT2D eigenvalue weighted by Crippen LogP contribution is -2.47. The van der Waals surface area contributed by atoms with Gasteiger partial charge in [0.05, 0.1) is 13.2 Å². The standard InChI is InChI=1S/C16H30N2O2/c1-12(14-6-4-3-5-7-14)13(2)18-16(19)10-15-11-20-9-8-17-15/h12-15,17H,3-11H2,1-2H3,(H,18,19). The molecular weight excluding hydrogens is 252 g/mol. The molecule has 4 heteroatoms. The predicted octanol–water partition coefficient (Wildman–Crippen LogP) is 2.09. The van der Waals surface area contributed by atoms with Gasteiger partial charge in [0.2, 0.25) is 5.91 Å². The third-order valence-corrected chi connectivity index (χ3v) is 5.00. The van der Waals surface area contributed by atoms with E-state index in [0.29, 0.717) is 18.9 Å². The average molecular weight is 282 g/mol. The topological polar surface area (TPSA) is 50.4 Å². The van der Waals surface area contributed by atoms with Crippen LogP contribution in [0.5, 0.6) is 0 Å². The number of rotatable bonds is 5. The second kappa shape index (κ2) is 7.99. The molecule has 0 aromatic rings. The Balaban J connectivity index is 1.71. The minimum absolute atomic E-state index is 0.156. The third-order valence-electron chi connectivity index (χ3n) is 5.00. The largest absolute Gasteiger partial charge is 0.378 e. The van der Waals surface area contributed by atoms with E-state index in [2.05, 4.69) is 24.5 Å². The van der Waals surface area contributed by atoms with Crippen LogP contribution in [0.2, 0.25) is 0 Å². The fourth-order valence-corrected chi connectivity index (χ4v) is 3.49. The Labute approximate surface area is 123 Å². The number of carbonyl (C=O) groups is 1. The van der Waals surface area contributed by atoms with Crippen molar-refractivity contribution in [1.82, 2.24) is 10.6 Å². The molecule has 4 nitrogen and oxygen atoms in total. The summed E-state index contributed by atoms with van der Waals surface area (Å²) in [7, 11) is 0. The van der Waals surface area contributed by atoms with Crippen molar-refractivity contribution >= 4 is 5.91 Å². The van der Waals surface area contributed by atoms with E-state index in [1.807, 2.05) is 0 Å². The first-order chi connectivity index (χ1) is 9.66. The van der Waals surface area contributed by atoms with Crippen LogP contribution >= 0.6 is 0 Å². The van der Waals surface area contributed by atoms with E-state index in [1.165, 1.54) is 32.1 Å². The second-order valence-corrected chi connectivity index (χ2v) is 6.54. The van der Waals surface area contributed by atoms with Gasteiger partial charge in [-0.15, -0.1) is 0 Å². The van der Waals surface area contributed by atoms with E-state index in [4.69, 9.17) is 4.74 Å². The SMILES string of the molecule is CC(NC(=O)CC1COCCN1)C(C)C1CCCCC1. The van der Waals surface area contributed by atoms with Crippen molar-refractivity contribution in [3.63, 3.8) is 0 Å². The van der Waals surface area contributed by atoms with Gasteiger partial charge in [-0.2, -0.15) is 0 Å². The molecule has 2 N–H and O–H groups in total. The Kier molecular flexibility index (Phi) is 6.30. The van der Waals surface area contributed by atoms with Crippen molar-refractivity contribution in [3.8, 4) is 0 Å². The average Bonchev–Trinajstić information content (AvgIpc) is 2.48. The summed E-state index contributed by atoms with van der Waals surface area (Å²) >= 11 is 0. The van der Waals surface area contributed by atoms with Gasteiger partial charge in [0, 0.05) is 25.0 Å². The number of nitrogens with one attached hydrogen (secondary N) is 2. The zero-order chi connectivity index (χ0) is 14.4. The van der Waals surface area contributed by atoms with Gasteiger partial charge in [-0.3, -0.25) is 4.79 Å². The number of morpholine rings is 1. The molecule has 0 radical (unpaired) electrons. The van der Waals surface area contributed by atoms with Crippen LogP contribution in [0.1, 0.15) is 52.4 Å². The van der Waals surface area contributed by atoms with Crippen LogP contribution in [-0.4, -0.2) is 37.7 Å². The lowest BCUT2D eigenvalue weighted by atomic mass is 9.78. The molecule has 1 aliphatic carbocycles. The summed E-state index contributed by atoms with van der Waals surface area (Å²) in [5, 5.41) is 6.52. The molecule has 2 rings (SSSR count). The molecule has 3 unspecified atom stereocenters. The van der Waals surface area contributed by atoms with Crippen LogP contribution in [0.4, 0.5) is 0 Å². The van der Waals surface area contributed by atoms with Gasteiger partial charge < -0.3 is 15.4 Å². The molecule has 1 amide bonds. The van der Waals surface area contributed by atoms with Crippen molar-refractivity contribution in [2.24, 2.45) is 11.8 Å². The first-order valence-corrected chi connectivity index (χ1v) is 8.27. The Morgan fingerprint density at radius 3 is 2.70 bits per heavy atom. The molecule has 0 aromatic heterocycles. The highest BCUT2D eigenvalue weighted by molar-refractivity contribution is 5.76. The van der Waals surface area contributed by atoms with Crippen molar-refractivity contribution in [2.75, 3.05) is 19.8 Å². The van der Waals surface area contributed by atoms with E-state index < -0.39 is 0 Å². The predicted molar refractivity (Wildman–Crippen MR) is 80.6 cm³/mol. The van der Waals surface area contributed by atoms with Gasteiger partial charge in [0.25, 0.3) is 0 Å². The highest BCUT2D eigenvalue weighted by Crippen LogP contribution is 2.31. The molecule has 116 valence electrons. The Morgan fingerprint density at radius 1 is 1.30 bits per heavy atom. The summed E-state index contributed by atoms with van der Waals surface area (Å²) in [5.74, 6) is 1.52. The van der Waals surface area contributed by atoms with Gasteiger partial charge in [0.15, 0.2) is 0 Å². The summed E-state index contributed by atoms with van der Waals surface area (Å²) in [6.07, 6.45) is 7.30. The van der Waals surface area contributed by atoms with Gasteiger partial charge in [0.1, 0.15) is 0 Å². The fraction of sp³-hybridized carbons (Fsp3) is 0.938. The van der Waals surface area contributed by atoms with Gasteiger partial charge in [-0.1, -0.05) is 39.0 Å². The first kappa shape index (κ1) is 15.8. The smallest absolute Gasteiger partial charge is 0.221 e. The molecule has 0 aromatic carbocycles. The van der Waals surface area contributed by atoms with E-state index in [-0.39, 0.29) is 18.0 Å². The van der Waals surface area contributed by atoms with Crippen molar-refractivity contribution in [2.45, 2.75) is 64.5 Å². The van der Waals surface area contributed by atoms with Crippen molar-refractivity contribution < 1.29 is 9.53 Å². The van der Waals surface area contributed by atoms with Crippen LogP contribution in [0.15, 0.2) is 0 Å². The minimum atomic E-state index is 0.156. The lowest BCUT2D eigenvalue weighted by Gasteiger charge is -2.32. The Bertz CT molecular complexity index is 297. The first-order valence-electron chi connectivity index (χ1n) is 8.27. The molecular formula is C16H30N2O2. The van der Waals surface area contributed by atoms with Crippen LogP contribution in [-0.2, 0) is 9.53 Å². The molecule has 3 atom stereocenters. The molecule has 1 heterocycles. The Morgan fingerprint density at radius 2 is 2.05 bits per heavy atom. The summed E-state index contributed by atoms with van der Waals surface area (Å²) in [5.41, 5.74) is 0. The van der Waals surface area contributed by atoms with Gasteiger partial charge >= 0.3 is 0 Å². The minimum Gasteiger partial charge on any atom is -0.378 e. The summed E-state index contributed by atoms with van der Waals surface area (Å²) in [6, 6.07) is 0.455. The highest BCUT2D eigenvalue weighted by Gasteiger charge is 2.26. The molecule has 1 saturated heterocycles. The maximum absolute atomic E-state index is 12.1. The van der Waals surface area contributed by atoms with Crippen molar-refractivity contribution in [1.29, 1.82) is 0 Å². The quantitative estimate of drug-likeness (QED) is 0.812. The molecule has 1 saturated carbocycles. The number of hydrogen-bond acceptors (Lipinski definition) is 3. The highest BCUT2D eigenvalue weighted by atomic mass is 16.5. The number of hydrogen-bond donors (Lipinski definition) is 2. The lowest BCUT2D eigenvalue weighted by molar-refractivity contribution is -0.123. The van der Waals surface area contributed by atoms with E-state index in [0.717, 1.165) is 19.1 Å². The molecule has 1 aliphatic heterocycles. The monoisotopic (exact) mass is 282 g/mol. The van der Waals surface area contributed by atoms with Crippen molar-refractivity contribution in [3.05, 3.63) is 0 Å². The van der Waals surface area contributed by atoms with Crippen LogP contribution in [0, 0.1) is 11.8 Å². The maximum atomic E-state index is 12.1. The summed E-state index contributed by atoms with van der Waals surface area (Å²) in [6.45, 7) is 6.71. The zero-order valence-corrected chi connectivity index (χ0v) is 13.0. The molecule has 0 spiro atoms. The molecule has 0 bridgehead atoms. The van der Waals surface area contributed by atoms with Crippen LogP contribution < -0.4 is 10.6 Å². The summed E-state index contributed by atoms with van der Waals surface area (Å²) in [4.78, 5) is 12.1. The maximum Gasteiger partial charge on any atom is 0.221 e. The van der Waals surface area contributed by atoms with Crippen LogP contribution in [0.25, 0.3) is 0 Å². The summed E-state index contributed by atoms with van der Waals surface area (Å²) < 4.78 is 5.39.